The van der Waals surface area contributed by atoms with Crippen molar-refractivity contribution in [2.24, 2.45) is 7.05 Å². The van der Waals surface area contributed by atoms with Crippen LogP contribution in [0.4, 0.5) is 5.82 Å². The number of amides is 2. The minimum atomic E-state index is -0.842. The lowest BCUT2D eigenvalue weighted by Crippen LogP contribution is -2.54. The lowest BCUT2D eigenvalue weighted by molar-refractivity contribution is -0.140. The van der Waals surface area contributed by atoms with E-state index in [0.717, 1.165) is 0 Å². The van der Waals surface area contributed by atoms with Crippen LogP contribution in [-0.2, 0) is 36.5 Å². The Bertz CT molecular complexity index is 822. The van der Waals surface area contributed by atoms with Crippen molar-refractivity contribution in [1.82, 2.24) is 24.5 Å². The molecule has 2 aromatic rings. The van der Waals surface area contributed by atoms with Crippen LogP contribution in [0.15, 0.2) is 30.7 Å². The van der Waals surface area contributed by atoms with Crippen LogP contribution in [0.2, 0.25) is 0 Å². The highest BCUT2D eigenvalue weighted by molar-refractivity contribution is 5.96. The topological polar surface area (TPSA) is 169 Å². The van der Waals surface area contributed by atoms with Crippen LogP contribution >= 0.6 is 0 Å². The van der Waals surface area contributed by atoms with E-state index in [1.807, 2.05) is 0 Å². The Labute approximate surface area is 178 Å². The van der Waals surface area contributed by atoms with Crippen LogP contribution in [0.3, 0.4) is 0 Å². The van der Waals surface area contributed by atoms with Gasteiger partial charge in [0, 0.05) is 51.9 Å². The number of anilines is 1. The van der Waals surface area contributed by atoms with Gasteiger partial charge in [0.2, 0.25) is 5.91 Å². The predicted octanol–water partition coefficient (Wildman–Crippen LogP) is -0.379. The molecule has 0 aromatic carbocycles. The first-order chi connectivity index (χ1) is 14.9. The summed E-state index contributed by atoms with van der Waals surface area (Å²) in [6, 6.07) is 3.53. The third-order valence-corrected chi connectivity index (χ3v) is 4.53. The van der Waals surface area contributed by atoms with Crippen LogP contribution in [0.1, 0.15) is 12.8 Å². The molecule has 3 N–H and O–H groups in total. The molecule has 2 aromatic heterocycles. The van der Waals surface area contributed by atoms with Gasteiger partial charge >= 0.3 is 0 Å². The number of hydrogen-bond donors (Lipinski definition) is 3. The molecule has 1 aliphatic heterocycles. The van der Waals surface area contributed by atoms with Crippen molar-refractivity contribution >= 4 is 30.6 Å². The molecule has 0 spiro atoms. The summed E-state index contributed by atoms with van der Waals surface area (Å²) < 4.78 is 8.22. The van der Waals surface area contributed by atoms with Gasteiger partial charge in [-0.3, -0.25) is 28.5 Å². The van der Waals surface area contributed by atoms with Crippen molar-refractivity contribution in [2.45, 2.75) is 18.4 Å². The lowest BCUT2D eigenvalue weighted by Gasteiger charge is -2.40. The first-order valence-electron chi connectivity index (χ1n) is 9.12. The van der Waals surface area contributed by atoms with Crippen LogP contribution in [0.5, 0.6) is 0 Å². The summed E-state index contributed by atoms with van der Waals surface area (Å²) in [5.74, 6) is 0.257. The number of likely N-dealkylation sites (tertiary alicyclic amines) is 1. The fourth-order valence-corrected chi connectivity index (χ4v) is 3.14. The van der Waals surface area contributed by atoms with Crippen molar-refractivity contribution in [3.05, 3.63) is 30.7 Å². The second kappa shape index (κ2) is 12.7. The van der Waals surface area contributed by atoms with E-state index in [0.29, 0.717) is 31.7 Å². The van der Waals surface area contributed by atoms with Crippen molar-refractivity contribution in [3.8, 4) is 0 Å². The first-order valence-corrected chi connectivity index (χ1v) is 9.12. The zero-order valence-electron chi connectivity index (χ0n) is 17.2. The lowest BCUT2D eigenvalue weighted by atomic mass is 9.86. The maximum absolute atomic E-state index is 13.1. The molecule has 1 aliphatic rings. The summed E-state index contributed by atoms with van der Waals surface area (Å²) >= 11 is 0. The fourth-order valence-electron chi connectivity index (χ4n) is 3.14. The summed E-state index contributed by atoms with van der Waals surface area (Å²) in [4.78, 5) is 43.5. The molecule has 13 nitrogen and oxygen atoms in total. The number of nitrogens with one attached hydrogen (secondary N) is 1. The average Bonchev–Trinajstić information content (AvgIpc) is 3.42. The van der Waals surface area contributed by atoms with E-state index in [4.69, 9.17) is 24.5 Å². The van der Waals surface area contributed by atoms with E-state index >= 15 is 0 Å². The Morgan fingerprint density at radius 2 is 1.84 bits per heavy atom. The number of methoxy groups -OCH3 is 1. The van der Waals surface area contributed by atoms with Crippen molar-refractivity contribution in [3.63, 3.8) is 0 Å². The van der Waals surface area contributed by atoms with Gasteiger partial charge in [0.15, 0.2) is 5.82 Å². The van der Waals surface area contributed by atoms with Gasteiger partial charge in [-0.25, -0.2) is 0 Å². The molecule has 0 saturated carbocycles. The highest BCUT2D eigenvalue weighted by Crippen LogP contribution is 2.31. The van der Waals surface area contributed by atoms with Crippen LogP contribution in [-0.4, -0.2) is 86.2 Å². The summed E-state index contributed by atoms with van der Waals surface area (Å²) in [6.07, 6.45) is 6.15. The second-order valence-electron chi connectivity index (χ2n) is 6.34. The van der Waals surface area contributed by atoms with E-state index in [9.17, 15) is 9.59 Å². The maximum atomic E-state index is 13.1. The molecular formula is C18H26N6O7. The van der Waals surface area contributed by atoms with Crippen LogP contribution < -0.4 is 5.32 Å². The van der Waals surface area contributed by atoms with Gasteiger partial charge in [-0.05, 0) is 18.9 Å². The SMILES string of the molecule is COCC(=O)N1CCC(C(=O)Nc2ccn(C)n2)(n2cccn2)CC1.O=CO.O=CO. The molecule has 13 heteroatoms. The third-order valence-electron chi connectivity index (χ3n) is 4.53. The number of hydrogen-bond acceptors (Lipinski definition) is 7. The van der Waals surface area contributed by atoms with Gasteiger partial charge in [-0.2, -0.15) is 10.2 Å². The minimum absolute atomic E-state index is 0.0505. The number of carbonyl (C=O) groups excluding carboxylic acids is 2. The molecular weight excluding hydrogens is 412 g/mol. The van der Waals surface area contributed by atoms with Crippen LogP contribution in [0, 0.1) is 0 Å². The predicted molar refractivity (Wildman–Crippen MR) is 107 cm³/mol. The van der Waals surface area contributed by atoms with Crippen molar-refractivity contribution < 1.29 is 34.1 Å². The zero-order chi connectivity index (χ0) is 23.3. The van der Waals surface area contributed by atoms with Gasteiger partial charge < -0.3 is 25.2 Å². The van der Waals surface area contributed by atoms with Crippen LogP contribution in [0.25, 0.3) is 0 Å². The number of ether oxygens (including phenoxy) is 1. The number of aryl methyl sites for hydroxylation is 1. The number of carboxylic acid groups (broad SMARTS) is 2. The van der Waals surface area contributed by atoms with Gasteiger partial charge in [0.05, 0.1) is 0 Å². The molecule has 1 fully saturated rings. The summed E-state index contributed by atoms with van der Waals surface area (Å²) in [5.41, 5.74) is -0.842. The molecule has 0 unspecified atom stereocenters. The number of nitrogens with zero attached hydrogens (tertiary/aromatic N) is 5. The van der Waals surface area contributed by atoms with E-state index in [-0.39, 0.29) is 31.4 Å². The Morgan fingerprint density at radius 3 is 2.29 bits per heavy atom. The monoisotopic (exact) mass is 438 g/mol. The maximum Gasteiger partial charge on any atom is 0.290 e. The van der Waals surface area contributed by atoms with Gasteiger partial charge in [0.1, 0.15) is 12.1 Å². The van der Waals surface area contributed by atoms with Crippen molar-refractivity contribution in [1.29, 1.82) is 0 Å². The highest BCUT2D eigenvalue weighted by atomic mass is 16.5. The largest absolute Gasteiger partial charge is 0.483 e. The normalized spacial score (nSPS) is 14.2. The first kappa shape index (κ1) is 25.3. The van der Waals surface area contributed by atoms with Gasteiger partial charge in [-0.1, -0.05) is 0 Å². The van der Waals surface area contributed by atoms with E-state index < -0.39 is 5.54 Å². The Balaban J connectivity index is 0.000000720. The molecule has 1 saturated heterocycles. The van der Waals surface area contributed by atoms with E-state index in [1.165, 1.54) is 7.11 Å². The Kier molecular flexibility index (Phi) is 10.4. The zero-order valence-corrected chi connectivity index (χ0v) is 17.2. The molecule has 0 aliphatic carbocycles. The Hall–Kier alpha value is -3.74. The molecule has 0 bridgehead atoms. The molecule has 3 rings (SSSR count). The van der Waals surface area contributed by atoms with E-state index in [2.05, 4.69) is 15.5 Å². The number of rotatable bonds is 5. The highest BCUT2D eigenvalue weighted by Gasteiger charge is 2.44. The number of piperidine rings is 1. The third kappa shape index (κ3) is 6.92. The molecule has 0 radical (unpaired) electrons. The standard InChI is InChI=1S/C16H22N6O3.2CH2O2/c1-20-9-4-13(19-20)18-15(24)16(22-8-3-7-17-22)5-10-21(11-6-16)14(23)12-25-2;2*2-1-3/h3-4,7-9H,5-6,10-12H2,1-2H3,(H,18,19,24);2*1H,(H,2,3). The molecule has 170 valence electrons. The molecule has 0 atom stereocenters. The van der Waals surface area contributed by atoms with Gasteiger partial charge in [0.25, 0.3) is 18.9 Å². The smallest absolute Gasteiger partial charge is 0.290 e. The molecule has 31 heavy (non-hydrogen) atoms. The second-order valence-corrected chi connectivity index (χ2v) is 6.34. The average molecular weight is 438 g/mol. The quantitative estimate of drug-likeness (QED) is 0.527. The molecule has 2 amide bonds. The minimum Gasteiger partial charge on any atom is -0.483 e. The van der Waals surface area contributed by atoms with E-state index in [1.54, 1.807) is 52.0 Å². The summed E-state index contributed by atoms with van der Waals surface area (Å²) in [6.45, 7) is 0.490. The summed E-state index contributed by atoms with van der Waals surface area (Å²) in [5, 5.41) is 25.1. The Morgan fingerprint density at radius 1 is 1.23 bits per heavy atom. The number of aromatic nitrogens is 4. The summed E-state index contributed by atoms with van der Waals surface area (Å²) in [7, 11) is 3.29. The number of carbonyl (C=O) groups is 4. The fraction of sp³-hybridized carbons (Fsp3) is 0.444. The van der Waals surface area contributed by atoms with Gasteiger partial charge in [-0.15, -0.1) is 0 Å². The molecule has 3 heterocycles. The van der Waals surface area contributed by atoms with Crippen molar-refractivity contribution in [2.75, 3.05) is 32.1 Å².